The number of nitrogens with zero attached hydrogens (tertiary/aromatic N) is 2. The van der Waals surface area contributed by atoms with E-state index < -0.39 is 24.7 Å². The van der Waals surface area contributed by atoms with Crippen LogP contribution < -0.4 is 9.64 Å². The quantitative estimate of drug-likeness (QED) is 0.794. The Labute approximate surface area is 168 Å². The predicted octanol–water partition coefficient (Wildman–Crippen LogP) is 2.76. The first-order valence-corrected chi connectivity index (χ1v) is 10.0. The van der Waals surface area contributed by atoms with Crippen LogP contribution in [0.1, 0.15) is 48.9 Å². The summed E-state index contributed by atoms with van der Waals surface area (Å²) in [7, 11) is 1.38. The highest BCUT2D eigenvalue weighted by Gasteiger charge is 2.46. The van der Waals surface area contributed by atoms with Crippen molar-refractivity contribution in [1.29, 1.82) is 0 Å². The van der Waals surface area contributed by atoms with Gasteiger partial charge in [-0.15, -0.1) is 0 Å². The number of ether oxygens (including phenoxy) is 3. The number of phenolic OH excluding ortho intramolecular Hbond substituents is 1. The van der Waals surface area contributed by atoms with Crippen LogP contribution in [0, 0.1) is 0 Å². The first-order valence-electron chi connectivity index (χ1n) is 10.0. The number of piperidine rings is 1. The van der Waals surface area contributed by atoms with Crippen molar-refractivity contribution in [3.05, 3.63) is 17.7 Å². The summed E-state index contributed by atoms with van der Waals surface area (Å²) in [4.78, 5) is 28.4. The minimum Gasteiger partial charge on any atom is -0.504 e. The standard InChI is InChI=1S/C20H26N2O7/c1-27-16-10-12-14(11-15(16)23)22(20(25)26)19(29-17-7-3-5-9-28-17)13-6-2-4-8-21(13)18(12)24/h10-11,13,17,19,23H,2-9H2,1H3,(H,25,26)/t13-,17?,19?/m0/s1. The number of rotatable bonds is 3. The molecular weight excluding hydrogens is 380 g/mol. The number of benzene rings is 1. The lowest BCUT2D eigenvalue weighted by atomic mass is 10.00. The molecule has 2 amide bonds. The normalized spacial score (nSPS) is 27.1. The number of aromatic hydroxyl groups is 1. The number of hydrogen-bond acceptors (Lipinski definition) is 6. The lowest BCUT2D eigenvalue weighted by Gasteiger charge is -2.42. The van der Waals surface area contributed by atoms with Gasteiger partial charge in [-0.3, -0.25) is 4.79 Å². The minimum absolute atomic E-state index is 0.0935. The summed E-state index contributed by atoms with van der Waals surface area (Å²) in [5, 5.41) is 20.3. The van der Waals surface area contributed by atoms with Crippen molar-refractivity contribution < 1.29 is 34.0 Å². The molecule has 0 spiro atoms. The van der Waals surface area contributed by atoms with Crippen molar-refractivity contribution in [3.63, 3.8) is 0 Å². The second kappa shape index (κ2) is 8.08. The zero-order valence-corrected chi connectivity index (χ0v) is 16.4. The number of hydrogen-bond donors (Lipinski definition) is 2. The second-order valence-corrected chi connectivity index (χ2v) is 7.58. The molecule has 0 aromatic heterocycles. The van der Waals surface area contributed by atoms with Gasteiger partial charge in [0.15, 0.2) is 24.0 Å². The Bertz CT molecular complexity index is 793. The van der Waals surface area contributed by atoms with E-state index in [9.17, 15) is 19.8 Å². The number of anilines is 1. The van der Waals surface area contributed by atoms with Crippen LogP contribution in [0.3, 0.4) is 0 Å². The zero-order chi connectivity index (χ0) is 20.5. The Morgan fingerprint density at radius 2 is 2.00 bits per heavy atom. The molecule has 1 aromatic carbocycles. The molecule has 9 heteroatoms. The predicted molar refractivity (Wildman–Crippen MR) is 102 cm³/mol. The highest BCUT2D eigenvalue weighted by Crippen LogP contribution is 2.41. The Balaban J connectivity index is 1.82. The Kier molecular flexibility index (Phi) is 5.51. The number of phenols is 1. The Morgan fingerprint density at radius 3 is 2.69 bits per heavy atom. The number of carboxylic acid groups (broad SMARTS) is 1. The van der Waals surface area contributed by atoms with Crippen LogP contribution >= 0.6 is 0 Å². The van der Waals surface area contributed by atoms with E-state index in [2.05, 4.69) is 0 Å². The van der Waals surface area contributed by atoms with Crippen LogP contribution in [-0.2, 0) is 9.47 Å². The van der Waals surface area contributed by atoms with Gasteiger partial charge in [0.2, 0.25) is 0 Å². The molecule has 3 aliphatic rings. The molecule has 29 heavy (non-hydrogen) atoms. The highest BCUT2D eigenvalue weighted by molar-refractivity contribution is 6.05. The third-order valence-corrected chi connectivity index (χ3v) is 5.82. The maximum atomic E-state index is 13.3. The van der Waals surface area contributed by atoms with Crippen LogP contribution in [0.15, 0.2) is 12.1 Å². The van der Waals surface area contributed by atoms with Gasteiger partial charge in [0.05, 0.1) is 24.4 Å². The van der Waals surface area contributed by atoms with E-state index in [4.69, 9.17) is 14.2 Å². The molecule has 3 aliphatic heterocycles. The topological polar surface area (TPSA) is 109 Å². The van der Waals surface area contributed by atoms with E-state index in [0.29, 0.717) is 26.0 Å². The molecule has 0 radical (unpaired) electrons. The fraction of sp³-hybridized carbons (Fsp3) is 0.600. The smallest absolute Gasteiger partial charge is 0.414 e. The molecule has 4 rings (SSSR count). The Hall–Kier alpha value is -2.52. The number of carbonyl (C=O) groups is 2. The van der Waals surface area contributed by atoms with E-state index in [0.717, 1.165) is 30.6 Å². The number of amides is 2. The summed E-state index contributed by atoms with van der Waals surface area (Å²) in [6, 6.07) is 2.23. The summed E-state index contributed by atoms with van der Waals surface area (Å²) in [6.45, 7) is 1.08. The maximum Gasteiger partial charge on any atom is 0.414 e. The SMILES string of the molecule is COc1cc2c(cc1O)N(C(=O)O)C(OC1CCCCO1)[C@@H]1CCCCN1C2=O. The number of fused-ring (bicyclic) bond motifs is 2. The van der Waals surface area contributed by atoms with Gasteiger partial charge in [0, 0.05) is 19.2 Å². The van der Waals surface area contributed by atoms with Crippen molar-refractivity contribution in [2.45, 2.75) is 57.1 Å². The molecule has 0 saturated carbocycles. The van der Waals surface area contributed by atoms with Crippen LogP contribution in [0.2, 0.25) is 0 Å². The van der Waals surface area contributed by atoms with Gasteiger partial charge in [-0.05, 0) is 44.6 Å². The highest BCUT2D eigenvalue weighted by atomic mass is 16.7. The molecule has 158 valence electrons. The van der Waals surface area contributed by atoms with Crippen molar-refractivity contribution >= 4 is 17.7 Å². The summed E-state index contributed by atoms with van der Waals surface area (Å²) >= 11 is 0. The van der Waals surface area contributed by atoms with Crippen molar-refractivity contribution in [2.24, 2.45) is 0 Å². The molecule has 3 atom stereocenters. The monoisotopic (exact) mass is 406 g/mol. The summed E-state index contributed by atoms with van der Waals surface area (Å²) < 4.78 is 17.0. The van der Waals surface area contributed by atoms with E-state index in [1.165, 1.54) is 19.2 Å². The van der Waals surface area contributed by atoms with Crippen molar-refractivity contribution in [3.8, 4) is 11.5 Å². The minimum atomic E-state index is -1.25. The van der Waals surface area contributed by atoms with Gasteiger partial charge in [0.1, 0.15) is 0 Å². The molecule has 2 saturated heterocycles. The average molecular weight is 406 g/mol. The van der Waals surface area contributed by atoms with E-state index in [1.54, 1.807) is 4.90 Å². The first kappa shape index (κ1) is 19.8. The van der Waals surface area contributed by atoms with Crippen LogP contribution in [-0.4, -0.2) is 65.9 Å². The van der Waals surface area contributed by atoms with E-state index >= 15 is 0 Å². The first-order chi connectivity index (χ1) is 14.0. The molecule has 3 heterocycles. The summed E-state index contributed by atoms with van der Waals surface area (Å²) in [6.07, 6.45) is 2.19. The lowest BCUT2D eigenvalue weighted by molar-refractivity contribution is -0.198. The molecule has 0 bridgehead atoms. The van der Waals surface area contributed by atoms with Crippen LogP contribution in [0.25, 0.3) is 0 Å². The zero-order valence-electron chi connectivity index (χ0n) is 16.4. The van der Waals surface area contributed by atoms with Crippen LogP contribution in [0.4, 0.5) is 10.5 Å². The maximum absolute atomic E-state index is 13.3. The molecule has 1 aromatic rings. The van der Waals surface area contributed by atoms with Crippen molar-refractivity contribution in [2.75, 3.05) is 25.2 Å². The van der Waals surface area contributed by atoms with E-state index in [1.807, 2.05) is 0 Å². The number of methoxy groups -OCH3 is 1. The fourth-order valence-electron chi connectivity index (χ4n) is 4.40. The molecule has 2 unspecified atom stereocenters. The summed E-state index contributed by atoms with van der Waals surface area (Å²) in [5.74, 6) is -0.409. The van der Waals surface area contributed by atoms with E-state index in [-0.39, 0.29) is 28.7 Å². The van der Waals surface area contributed by atoms with Crippen LogP contribution in [0.5, 0.6) is 11.5 Å². The fourth-order valence-corrected chi connectivity index (χ4v) is 4.40. The second-order valence-electron chi connectivity index (χ2n) is 7.58. The van der Waals surface area contributed by atoms with Crippen molar-refractivity contribution in [1.82, 2.24) is 4.90 Å². The van der Waals surface area contributed by atoms with Gasteiger partial charge in [0.25, 0.3) is 5.91 Å². The third-order valence-electron chi connectivity index (χ3n) is 5.82. The van der Waals surface area contributed by atoms with Gasteiger partial charge in [-0.25, -0.2) is 9.69 Å². The molecule has 0 aliphatic carbocycles. The molecule has 9 nitrogen and oxygen atoms in total. The average Bonchev–Trinajstić information content (AvgIpc) is 2.82. The van der Waals surface area contributed by atoms with Gasteiger partial charge >= 0.3 is 6.09 Å². The largest absolute Gasteiger partial charge is 0.504 e. The Morgan fingerprint density at radius 1 is 1.21 bits per heavy atom. The number of carbonyl (C=O) groups excluding carboxylic acids is 1. The molecule has 2 fully saturated rings. The van der Waals surface area contributed by atoms with Gasteiger partial charge < -0.3 is 29.3 Å². The molecular formula is C20H26N2O7. The van der Waals surface area contributed by atoms with Gasteiger partial charge in [-0.1, -0.05) is 0 Å². The summed E-state index contributed by atoms with van der Waals surface area (Å²) in [5.41, 5.74) is 0.264. The lowest BCUT2D eigenvalue weighted by Crippen LogP contribution is -2.57. The third kappa shape index (κ3) is 3.60. The molecule has 2 N–H and O–H groups in total. The van der Waals surface area contributed by atoms with Gasteiger partial charge in [-0.2, -0.15) is 0 Å².